The summed E-state index contributed by atoms with van der Waals surface area (Å²) in [5, 5.41) is -0.295. The van der Waals surface area contributed by atoms with E-state index in [1.54, 1.807) is 25.8 Å². The molecule has 0 radical (unpaired) electrons. The van der Waals surface area contributed by atoms with E-state index in [1.807, 2.05) is 6.92 Å². The standard InChI is InChI=1S/C13H20N2O3S/c1-5-18-12(16)9(3)10-7-15(13(17)19)8(2)6-11(10)14-4/h8H,5-7H2,1-4H3,(H,17,19)/b10-9+,14-11?/t8-/m1/s1. The molecule has 0 saturated carbocycles. The molecule has 0 aromatic carbocycles. The molecule has 0 spiro atoms. The number of esters is 1. The van der Waals surface area contributed by atoms with E-state index in [0.29, 0.717) is 25.1 Å². The second-order valence-electron chi connectivity index (χ2n) is 4.46. The highest BCUT2D eigenvalue weighted by Crippen LogP contribution is 2.23. The lowest BCUT2D eigenvalue weighted by atomic mass is 9.93. The summed E-state index contributed by atoms with van der Waals surface area (Å²) < 4.78 is 5.00. The topological polar surface area (TPSA) is 59.0 Å². The molecule has 5 nitrogen and oxygen atoms in total. The van der Waals surface area contributed by atoms with Crippen molar-refractivity contribution in [3.8, 4) is 0 Å². The number of nitrogens with zero attached hydrogens (tertiary/aromatic N) is 2. The van der Waals surface area contributed by atoms with Crippen molar-refractivity contribution >= 4 is 29.5 Å². The fourth-order valence-corrected chi connectivity index (χ4v) is 2.38. The number of likely N-dealkylation sites (tertiary alicyclic amines) is 1. The normalized spacial score (nSPS) is 24.4. The quantitative estimate of drug-likeness (QED) is 0.480. The minimum Gasteiger partial charge on any atom is -0.463 e. The Balaban J connectivity index is 3.11. The largest absolute Gasteiger partial charge is 0.463 e. The van der Waals surface area contributed by atoms with E-state index in [2.05, 4.69) is 17.6 Å². The highest BCUT2D eigenvalue weighted by Gasteiger charge is 2.30. The lowest BCUT2D eigenvalue weighted by Crippen LogP contribution is -2.44. The van der Waals surface area contributed by atoms with Gasteiger partial charge in [-0.3, -0.25) is 9.79 Å². The molecule has 0 bridgehead atoms. The Hall–Kier alpha value is -1.30. The van der Waals surface area contributed by atoms with E-state index in [-0.39, 0.29) is 17.3 Å². The van der Waals surface area contributed by atoms with E-state index in [1.165, 1.54) is 0 Å². The predicted molar refractivity (Wildman–Crippen MR) is 77.9 cm³/mol. The molecule has 1 atom stereocenters. The number of carbonyl (C=O) groups excluding carboxylic acids is 2. The SMILES string of the molecule is CCOC(=O)/C(C)=C1\CN(C(=O)S)[C@H](C)CC1=NC. The van der Waals surface area contributed by atoms with Gasteiger partial charge in [0, 0.05) is 42.9 Å². The van der Waals surface area contributed by atoms with Gasteiger partial charge in [-0.25, -0.2) is 4.79 Å². The van der Waals surface area contributed by atoms with Crippen molar-refractivity contribution in [2.45, 2.75) is 33.2 Å². The van der Waals surface area contributed by atoms with Crippen LogP contribution < -0.4 is 0 Å². The Labute approximate surface area is 119 Å². The van der Waals surface area contributed by atoms with Crippen molar-refractivity contribution in [1.29, 1.82) is 0 Å². The molecule has 1 amide bonds. The Morgan fingerprint density at radius 2 is 2.16 bits per heavy atom. The van der Waals surface area contributed by atoms with Gasteiger partial charge < -0.3 is 9.64 Å². The number of carbonyl (C=O) groups is 2. The maximum absolute atomic E-state index is 11.8. The van der Waals surface area contributed by atoms with Crippen LogP contribution in [-0.4, -0.2) is 48.1 Å². The third-order valence-corrected chi connectivity index (χ3v) is 3.50. The van der Waals surface area contributed by atoms with E-state index in [4.69, 9.17) is 4.74 Å². The number of thiol groups is 1. The zero-order valence-corrected chi connectivity index (χ0v) is 12.7. The van der Waals surface area contributed by atoms with Crippen molar-refractivity contribution < 1.29 is 14.3 Å². The van der Waals surface area contributed by atoms with Gasteiger partial charge in [-0.1, -0.05) is 12.6 Å². The van der Waals surface area contributed by atoms with Crippen LogP contribution in [0.15, 0.2) is 16.1 Å². The van der Waals surface area contributed by atoms with E-state index in [9.17, 15) is 9.59 Å². The summed E-state index contributed by atoms with van der Waals surface area (Å²) in [4.78, 5) is 29.1. The molecule has 1 heterocycles. The number of amides is 1. The number of hydrogen-bond donors (Lipinski definition) is 1. The third-order valence-electron chi connectivity index (χ3n) is 3.25. The van der Waals surface area contributed by atoms with E-state index < -0.39 is 0 Å². The molecule has 1 aliphatic heterocycles. The van der Waals surface area contributed by atoms with Crippen molar-refractivity contribution in [1.82, 2.24) is 4.90 Å². The minimum absolute atomic E-state index is 0.0300. The fraction of sp³-hybridized carbons (Fsp3) is 0.615. The van der Waals surface area contributed by atoms with E-state index in [0.717, 1.165) is 11.3 Å². The molecular formula is C13H20N2O3S. The molecule has 0 unspecified atom stereocenters. The van der Waals surface area contributed by atoms with Crippen LogP contribution in [0.1, 0.15) is 27.2 Å². The average molecular weight is 284 g/mol. The van der Waals surface area contributed by atoms with Crippen LogP contribution in [0.2, 0.25) is 0 Å². The Kier molecular flexibility index (Phi) is 5.60. The molecule has 1 aliphatic rings. The van der Waals surface area contributed by atoms with Gasteiger partial charge in [0.15, 0.2) is 0 Å². The molecule has 1 rings (SSSR count). The van der Waals surface area contributed by atoms with Crippen molar-refractivity contribution in [3.63, 3.8) is 0 Å². The van der Waals surface area contributed by atoms with Crippen molar-refractivity contribution in [2.24, 2.45) is 4.99 Å². The van der Waals surface area contributed by atoms with Gasteiger partial charge in [-0.2, -0.15) is 0 Å². The first-order chi connectivity index (χ1) is 8.92. The smallest absolute Gasteiger partial charge is 0.334 e. The van der Waals surface area contributed by atoms with Crippen LogP contribution in [0.5, 0.6) is 0 Å². The van der Waals surface area contributed by atoms with Gasteiger partial charge >= 0.3 is 5.97 Å². The number of aliphatic imine (C=N–C) groups is 1. The summed E-state index contributed by atoms with van der Waals surface area (Å²) in [6.45, 7) is 6.08. The van der Waals surface area contributed by atoms with Crippen molar-refractivity contribution in [3.05, 3.63) is 11.1 Å². The Bertz CT molecular complexity index is 443. The summed E-state index contributed by atoms with van der Waals surface area (Å²) >= 11 is 3.87. The molecule has 19 heavy (non-hydrogen) atoms. The first-order valence-corrected chi connectivity index (χ1v) is 6.69. The first kappa shape index (κ1) is 15.8. The maximum atomic E-state index is 11.8. The zero-order chi connectivity index (χ0) is 14.6. The molecule has 1 fully saturated rings. The van der Waals surface area contributed by atoms with Crippen LogP contribution in [0.25, 0.3) is 0 Å². The van der Waals surface area contributed by atoms with Gasteiger partial charge in [0.25, 0.3) is 5.24 Å². The highest BCUT2D eigenvalue weighted by molar-refractivity contribution is 7.96. The summed E-state index contributed by atoms with van der Waals surface area (Å²) in [6, 6.07) is 0.0300. The van der Waals surface area contributed by atoms with Crippen LogP contribution >= 0.6 is 12.6 Å². The van der Waals surface area contributed by atoms with Gasteiger partial charge in [-0.15, -0.1) is 0 Å². The molecule has 0 N–H and O–H groups in total. The first-order valence-electron chi connectivity index (χ1n) is 6.24. The molecule has 6 heteroatoms. The Morgan fingerprint density at radius 3 is 2.63 bits per heavy atom. The molecule has 0 aromatic heterocycles. The second-order valence-corrected chi connectivity index (χ2v) is 4.84. The van der Waals surface area contributed by atoms with Gasteiger partial charge in [0.05, 0.1) is 6.61 Å². The molecule has 0 aliphatic carbocycles. The average Bonchev–Trinajstić information content (AvgIpc) is 2.37. The molecular weight excluding hydrogens is 264 g/mol. The molecule has 1 saturated heterocycles. The maximum Gasteiger partial charge on any atom is 0.334 e. The van der Waals surface area contributed by atoms with Crippen LogP contribution in [-0.2, 0) is 9.53 Å². The number of piperidine rings is 1. The number of ether oxygens (including phenoxy) is 1. The number of rotatable bonds is 2. The zero-order valence-electron chi connectivity index (χ0n) is 11.8. The van der Waals surface area contributed by atoms with E-state index >= 15 is 0 Å². The van der Waals surface area contributed by atoms with Crippen LogP contribution in [0.4, 0.5) is 4.79 Å². The van der Waals surface area contributed by atoms with Gasteiger partial charge in [-0.05, 0) is 20.8 Å². The summed E-state index contributed by atoms with van der Waals surface area (Å²) in [5.74, 6) is -0.361. The molecule has 0 aromatic rings. The summed E-state index contributed by atoms with van der Waals surface area (Å²) in [7, 11) is 1.69. The molecule has 106 valence electrons. The van der Waals surface area contributed by atoms with Crippen molar-refractivity contribution in [2.75, 3.05) is 20.2 Å². The van der Waals surface area contributed by atoms with Crippen LogP contribution in [0.3, 0.4) is 0 Å². The third kappa shape index (κ3) is 3.59. The second kappa shape index (κ2) is 6.75. The summed E-state index contributed by atoms with van der Waals surface area (Å²) in [5.41, 5.74) is 2.12. The summed E-state index contributed by atoms with van der Waals surface area (Å²) in [6.07, 6.45) is 0.620. The van der Waals surface area contributed by atoms with Crippen LogP contribution in [0, 0.1) is 0 Å². The van der Waals surface area contributed by atoms with Gasteiger partial charge in [0.1, 0.15) is 0 Å². The lowest BCUT2D eigenvalue weighted by molar-refractivity contribution is -0.138. The fourth-order valence-electron chi connectivity index (χ4n) is 2.11. The minimum atomic E-state index is -0.361. The number of hydrogen-bond acceptors (Lipinski definition) is 4. The predicted octanol–water partition coefficient (Wildman–Crippen LogP) is 2.08. The monoisotopic (exact) mass is 284 g/mol. The lowest BCUT2D eigenvalue weighted by Gasteiger charge is -2.35. The Morgan fingerprint density at radius 1 is 1.53 bits per heavy atom. The highest BCUT2D eigenvalue weighted by atomic mass is 32.1. The van der Waals surface area contributed by atoms with Gasteiger partial charge in [0.2, 0.25) is 0 Å².